The van der Waals surface area contributed by atoms with Crippen molar-refractivity contribution in [3.05, 3.63) is 40.8 Å². The average molecular weight is 359 g/mol. The lowest BCUT2D eigenvalue weighted by atomic mass is 10.2. The fourth-order valence-corrected chi connectivity index (χ4v) is 3.34. The quantitative estimate of drug-likeness (QED) is 0.789. The molecule has 0 saturated carbocycles. The van der Waals surface area contributed by atoms with E-state index in [9.17, 15) is 9.59 Å². The van der Waals surface area contributed by atoms with Crippen LogP contribution in [0, 0.1) is 0 Å². The van der Waals surface area contributed by atoms with E-state index in [1.165, 1.54) is 11.3 Å². The molecule has 7 nitrogen and oxygen atoms in total. The number of carbonyl (C=O) groups is 2. The summed E-state index contributed by atoms with van der Waals surface area (Å²) in [6, 6.07) is 5.44. The third-order valence-corrected chi connectivity index (χ3v) is 4.93. The van der Waals surface area contributed by atoms with Gasteiger partial charge >= 0.3 is 0 Å². The van der Waals surface area contributed by atoms with Crippen LogP contribution in [0.3, 0.4) is 0 Å². The maximum Gasteiger partial charge on any atom is 0.261 e. The van der Waals surface area contributed by atoms with Gasteiger partial charge in [0.1, 0.15) is 0 Å². The molecule has 8 heteroatoms. The van der Waals surface area contributed by atoms with Crippen LogP contribution in [-0.4, -0.2) is 59.4 Å². The monoisotopic (exact) mass is 359 g/mol. The normalized spacial score (nSPS) is 14.4. The predicted molar refractivity (Wildman–Crippen MR) is 96.7 cm³/mol. The SMILES string of the molecule is O=C(NCCCC(=O)N1CCN(c2ncccn2)CC1)c1cccs1. The standard InChI is InChI=1S/C17H21N5O2S/c23-15(5-1-6-18-16(24)14-4-2-13-25-14)21-9-11-22(12-10-21)17-19-7-3-8-20-17/h2-4,7-8,13H,1,5-6,9-12H2,(H,18,24). The zero-order valence-electron chi connectivity index (χ0n) is 13.9. The van der Waals surface area contributed by atoms with Crippen molar-refractivity contribution < 1.29 is 9.59 Å². The van der Waals surface area contributed by atoms with Crippen molar-refractivity contribution in [3.63, 3.8) is 0 Å². The number of thiophene rings is 1. The molecule has 0 atom stereocenters. The number of nitrogens with one attached hydrogen (secondary N) is 1. The summed E-state index contributed by atoms with van der Waals surface area (Å²) in [5, 5.41) is 4.72. The molecule has 0 radical (unpaired) electrons. The summed E-state index contributed by atoms with van der Waals surface area (Å²) >= 11 is 1.41. The highest BCUT2D eigenvalue weighted by atomic mass is 32.1. The summed E-state index contributed by atoms with van der Waals surface area (Å²) in [6.07, 6.45) is 4.55. The highest BCUT2D eigenvalue weighted by molar-refractivity contribution is 7.12. The van der Waals surface area contributed by atoms with Gasteiger partial charge in [-0.1, -0.05) is 6.07 Å². The molecule has 1 fully saturated rings. The van der Waals surface area contributed by atoms with Crippen molar-refractivity contribution in [1.29, 1.82) is 0 Å². The Kier molecular flexibility index (Phi) is 5.95. The van der Waals surface area contributed by atoms with Gasteiger partial charge in [-0.15, -0.1) is 11.3 Å². The molecule has 0 aliphatic carbocycles. The average Bonchev–Trinajstić information content (AvgIpc) is 3.21. The Morgan fingerprint density at radius 2 is 1.88 bits per heavy atom. The van der Waals surface area contributed by atoms with Gasteiger partial charge in [0.15, 0.2) is 0 Å². The van der Waals surface area contributed by atoms with Crippen molar-refractivity contribution in [2.45, 2.75) is 12.8 Å². The van der Waals surface area contributed by atoms with Crippen LogP contribution >= 0.6 is 11.3 Å². The van der Waals surface area contributed by atoms with Crippen molar-refractivity contribution in [3.8, 4) is 0 Å². The number of hydrogen-bond donors (Lipinski definition) is 1. The summed E-state index contributed by atoms with van der Waals surface area (Å²) in [7, 11) is 0. The third-order valence-electron chi connectivity index (χ3n) is 4.07. The minimum absolute atomic E-state index is 0.0704. The predicted octanol–water partition coefficient (Wildman–Crippen LogP) is 1.40. The van der Waals surface area contributed by atoms with Crippen LogP contribution < -0.4 is 10.2 Å². The second kappa shape index (κ2) is 8.57. The molecule has 1 N–H and O–H groups in total. The van der Waals surface area contributed by atoms with Gasteiger partial charge in [-0.25, -0.2) is 9.97 Å². The van der Waals surface area contributed by atoms with Crippen molar-refractivity contribution in [2.24, 2.45) is 0 Å². The largest absolute Gasteiger partial charge is 0.351 e. The Bertz CT molecular complexity index is 684. The lowest BCUT2D eigenvalue weighted by Gasteiger charge is -2.34. The maximum atomic E-state index is 12.3. The van der Waals surface area contributed by atoms with Gasteiger partial charge in [0, 0.05) is 51.5 Å². The van der Waals surface area contributed by atoms with E-state index in [2.05, 4.69) is 20.2 Å². The molecule has 2 aromatic rings. The molecule has 2 amide bonds. The fraction of sp³-hybridized carbons (Fsp3) is 0.412. The number of aromatic nitrogens is 2. The van der Waals surface area contributed by atoms with Crippen molar-refractivity contribution in [2.75, 3.05) is 37.6 Å². The van der Waals surface area contributed by atoms with Gasteiger partial charge < -0.3 is 15.1 Å². The van der Waals surface area contributed by atoms with Gasteiger partial charge in [0.05, 0.1) is 4.88 Å². The number of rotatable bonds is 6. The second-order valence-corrected chi connectivity index (χ2v) is 6.70. The first kappa shape index (κ1) is 17.3. The van der Waals surface area contributed by atoms with E-state index in [1.807, 2.05) is 16.3 Å². The molecule has 25 heavy (non-hydrogen) atoms. The number of piperazine rings is 1. The summed E-state index contributed by atoms with van der Waals surface area (Å²) in [5.41, 5.74) is 0. The summed E-state index contributed by atoms with van der Waals surface area (Å²) < 4.78 is 0. The van der Waals surface area contributed by atoms with E-state index in [4.69, 9.17) is 0 Å². The van der Waals surface area contributed by atoms with E-state index < -0.39 is 0 Å². The number of carbonyl (C=O) groups excluding carboxylic acids is 2. The molecule has 1 aliphatic rings. The fourth-order valence-electron chi connectivity index (χ4n) is 2.70. The molecule has 132 valence electrons. The summed E-state index contributed by atoms with van der Waals surface area (Å²) in [5.74, 6) is 0.781. The lowest BCUT2D eigenvalue weighted by molar-refractivity contribution is -0.131. The summed E-state index contributed by atoms with van der Waals surface area (Å²) in [6.45, 7) is 3.35. The minimum atomic E-state index is -0.0704. The third kappa shape index (κ3) is 4.76. The van der Waals surface area contributed by atoms with Crippen molar-refractivity contribution >= 4 is 29.1 Å². The summed E-state index contributed by atoms with van der Waals surface area (Å²) in [4.78, 5) is 37.2. The van der Waals surface area contributed by atoms with E-state index in [-0.39, 0.29) is 11.8 Å². The molecular formula is C17H21N5O2S. The minimum Gasteiger partial charge on any atom is -0.351 e. The molecule has 1 saturated heterocycles. The van der Waals surface area contributed by atoms with E-state index in [1.54, 1.807) is 24.5 Å². The van der Waals surface area contributed by atoms with Gasteiger partial charge in [-0.05, 0) is 23.9 Å². The second-order valence-electron chi connectivity index (χ2n) is 5.75. The zero-order valence-corrected chi connectivity index (χ0v) is 14.7. The van der Waals surface area contributed by atoms with Gasteiger partial charge in [0.25, 0.3) is 5.91 Å². The molecule has 3 heterocycles. The molecule has 1 aliphatic heterocycles. The van der Waals surface area contributed by atoms with E-state index in [0.29, 0.717) is 43.3 Å². The van der Waals surface area contributed by atoms with Crippen LogP contribution in [0.4, 0.5) is 5.95 Å². The van der Waals surface area contributed by atoms with Crippen LogP contribution in [0.15, 0.2) is 36.0 Å². The maximum absolute atomic E-state index is 12.3. The first-order chi connectivity index (χ1) is 12.2. The number of nitrogens with zero attached hydrogens (tertiary/aromatic N) is 4. The molecule has 0 unspecified atom stereocenters. The Morgan fingerprint density at radius 3 is 2.56 bits per heavy atom. The Hall–Kier alpha value is -2.48. The molecule has 0 bridgehead atoms. The first-order valence-corrected chi connectivity index (χ1v) is 9.23. The molecule has 2 aromatic heterocycles. The highest BCUT2D eigenvalue weighted by Crippen LogP contribution is 2.11. The van der Waals surface area contributed by atoms with Crippen LogP contribution in [0.1, 0.15) is 22.5 Å². The van der Waals surface area contributed by atoms with Crippen molar-refractivity contribution in [1.82, 2.24) is 20.2 Å². The van der Waals surface area contributed by atoms with Gasteiger partial charge in [0.2, 0.25) is 11.9 Å². The van der Waals surface area contributed by atoms with Crippen LogP contribution in [0.5, 0.6) is 0 Å². The molecular weight excluding hydrogens is 338 g/mol. The number of amides is 2. The first-order valence-electron chi connectivity index (χ1n) is 8.35. The lowest BCUT2D eigenvalue weighted by Crippen LogP contribution is -2.49. The van der Waals surface area contributed by atoms with E-state index in [0.717, 1.165) is 13.1 Å². The number of hydrogen-bond acceptors (Lipinski definition) is 6. The highest BCUT2D eigenvalue weighted by Gasteiger charge is 2.22. The van der Waals surface area contributed by atoms with Gasteiger partial charge in [-0.3, -0.25) is 9.59 Å². The van der Waals surface area contributed by atoms with Gasteiger partial charge in [-0.2, -0.15) is 0 Å². The number of anilines is 1. The Labute approximate surface area is 150 Å². The topological polar surface area (TPSA) is 78.4 Å². The molecule has 0 aromatic carbocycles. The van der Waals surface area contributed by atoms with E-state index >= 15 is 0 Å². The Morgan fingerprint density at radius 1 is 1.12 bits per heavy atom. The molecule has 3 rings (SSSR count). The zero-order chi connectivity index (χ0) is 17.5. The smallest absolute Gasteiger partial charge is 0.261 e. The van der Waals surface area contributed by atoms with Crippen LogP contribution in [-0.2, 0) is 4.79 Å². The molecule has 0 spiro atoms. The van der Waals surface area contributed by atoms with Crippen LogP contribution in [0.25, 0.3) is 0 Å². The van der Waals surface area contributed by atoms with Crippen LogP contribution in [0.2, 0.25) is 0 Å². The Balaban J connectivity index is 1.35.